The van der Waals surface area contributed by atoms with Gasteiger partial charge in [-0.15, -0.1) is 0 Å². The molecule has 212 valence electrons. The Balaban J connectivity index is 0.00000181. The van der Waals surface area contributed by atoms with Crippen LogP contribution in [-0.2, 0) is 6.42 Å². The second-order valence-corrected chi connectivity index (χ2v) is 9.48. The number of benzene rings is 2. The molecule has 1 heterocycles. The van der Waals surface area contributed by atoms with Crippen molar-refractivity contribution in [1.82, 2.24) is 20.0 Å². The summed E-state index contributed by atoms with van der Waals surface area (Å²) in [5.74, 6) is 1.35. The van der Waals surface area contributed by atoms with Crippen molar-refractivity contribution in [2.45, 2.75) is 68.2 Å². The molecule has 2 aromatic carbocycles. The van der Waals surface area contributed by atoms with Gasteiger partial charge in [-0.25, -0.2) is 4.68 Å². The highest BCUT2D eigenvalue weighted by molar-refractivity contribution is 5.79. The Morgan fingerprint density at radius 3 is 2.15 bits per heavy atom. The van der Waals surface area contributed by atoms with Gasteiger partial charge in [-0.3, -0.25) is 0 Å². The molecule has 1 aromatic heterocycles. The first kappa shape index (κ1) is 33.5. The van der Waals surface area contributed by atoms with Gasteiger partial charge < -0.3 is 10.2 Å². The fourth-order valence-corrected chi connectivity index (χ4v) is 4.24. The summed E-state index contributed by atoms with van der Waals surface area (Å²) in [5, 5.41) is 8.23. The van der Waals surface area contributed by atoms with Gasteiger partial charge in [0.2, 0.25) is 0 Å². The molecule has 0 saturated carbocycles. The van der Waals surface area contributed by atoms with E-state index >= 15 is 0 Å². The summed E-state index contributed by atoms with van der Waals surface area (Å²) in [6.07, 6.45) is 6.01. The molecule has 1 N–H and O–H groups in total. The van der Waals surface area contributed by atoms with E-state index in [9.17, 15) is 0 Å². The van der Waals surface area contributed by atoms with E-state index in [0.29, 0.717) is 5.92 Å². The smallest absolute Gasteiger partial charge is 0.128 e. The number of hydrogen-bond acceptors (Lipinski definition) is 3. The average Bonchev–Trinajstić information content (AvgIpc) is 3.30. The van der Waals surface area contributed by atoms with Gasteiger partial charge in [0.05, 0.1) is 6.20 Å². The van der Waals surface area contributed by atoms with Crippen LogP contribution in [0.5, 0.6) is 0 Å². The molecule has 4 nitrogen and oxygen atoms in total. The first-order valence-corrected chi connectivity index (χ1v) is 14.4. The summed E-state index contributed by atoms with van der Waals surface area (Å²) >= 11 is 0. The molecule has 39 heavy (non-hydrogen) atoms. The van der Waals surface area contributed by atoms with E-state index in [2.05, 4.69) is 124 Å². The van der Waals surface area contributed by atoms with Crippen molar-refractivity contribution in [1.29, 1.82) is 0 Å². The molecule has 0 aliphatic heterocycles. The number of nitrogens with zero attached hydrogens (tertiary/aromatic N) is 3. The van der Waals surface area contributed by atoms with Crippen LogP contribution in [0.15, 0.2) is 85.7 Å². The molecule has 0 aliphatic rings. The molecule has 0 amide bonds. The van der Waals surface area contributed by atoms with Crippen molar-refractivity contribution in [2.75, 3.05) is 20.1 Å². The van der Waals surface area contributed by atoms with E-state index in [-0.39, 0.29) is 0 Å². The maximum atomic E-state index is 4.61. The van der Waals surface area contributed by atoms with Crippen molar-refractivity contribution in [2.24, 2.45) is 5.92 Å². The SMILES string of the molecule is C=C(/C=C(/NCCCN(C)C(=C)C(C)Cc1ccccc1)n1ncc(C)c1C)c1ccccc1C.CC.CC. The minimum atomic E-state index is 0.401. The molecule has 1 unspecified atom stereocenters. The Hall–Kier alpha value is -3.53. The number of aryl methyl sites for hydroxylation is 2. The maximum Gasteiger partial charge on any atom is 0.128 e. The lowest BCUT2D eigenvalue weighted by Crippen LogP contribution is -2.27. The Labute approximate surface area is 239 Å². The molecule has 0 spiro atoms. The van der Waals surface area contributed by atoms with Gasteiger partial charge >= 0.3 is 0 Å². The Morgan fingerprint density at radius 1 is 0.949 bits per heavy atom. The van der Waals surface area contributed by atoms with Crippen LogP contribution >= 0.6 is 0 Å². The lowest BCUT2D eigenvalue weighted by Gasteiger charge is -2.27. The van der Waals surface area contributed by atoms with Gasteiger partial charge in [-0.05, 0) is 73.4 Å². The van der Waals surface area contributed by atoms with Crippen molar-refractivity contribution >= 4 is 11.4 Å². The molecule has 3 aromatic rings. The van der Waals surface area contributed by atoms with Crippen LogP contribution in [0.25, 0.3) is 11.4 Å². The summed E-state index contributed by atoms with van der Waals surface area (Å²) in [4.78, 5) is 2.29. The Bertz CT molecular complexity index is 1170. The van der Waals surface area contributed by atoms with E-state index in [4.69, 9.17) is 0 Å². The highest BCUT2D eigenvalue weighted by Crippen LogP contribution is 2.21. The molecule has 1 atom stereocenters. The van der Waals surface area contributed by atoms with Crippen LogP contribution in [0, 0.1) is 26.7 Å². The fraction of sp³-hybridized carbons (Fsp3) is 0.400. The van der Waals surface area contributed by atoms with Crippen LogP contribution in [0.1, 0.15) is 69.0 Å². The first-order chi connectivity index (χ1) is 18.8. The van der Waals surface area contributed by atoms with Crippen LogP contribution in [-0.4, -0.2) is 34.8 Å². The number of nitrogens with one attached hydrogen (secondary N) is 1. The van der Waals surface area contributed by atoms with Crippen LogP contribution in [0.3, 0.4) is 0 Å². The van der Waals surface area contributed by atoms with E-state index in [1.807, 2.05) is 38.6 Å². The number of rotatable bonds is 12. The van der Waals surface area contributed by atoms with E-state index < -0.39 is 0 Å². The number of aromatic nitrogens is 2. The summed E-state index contributed by atoms with van der Waals surface area (Å²) < 4.78 is 1.98. The molecule has 3 rings (SSSR count). The second kappa shape index (κ2) is 17.9. The molecule has 4 heteroatoms. The highest BCUT2D eigenvalue weighted by Gasteiger charge is 2.13. The van der Waals surface area contributed by atoms with Crippen molar-refractivity contribution < 1.29 is 0 Å². The largest absolute Gasteiger partial charge is 0.378 e. The molecular formula is C35H52N4. The average molecular weight is 529 g/mol. The van der Waals surface area contributed by atoms with Crippen LogP contribution in [0.2, 0.25) is 0 Å². The van der Waals surface area contributed by atoms with Gasteiger partial charge in [0, 0.05) is 31.5 Å². The summed E-state index contributed by atoms with van der Waals surface area (Å²) in [7, 11) is 2.14. The van der Waals surface area contributed by atoms with E-state index in [1.54, 1.807) is 0 Å². The third kappa shape index (κ3) is 10.3. The fourth-order valence-electron chi connectivity index (χ4n) is 4.24. The summed E-state index contributed by atoms with van der Waals surface area (Å²) in [6, 6.07) is 19.0. The van der Waals surface area contributed by atoms with Crippen molar-refractivity contribution in [3.63, 3.8) is 0 Å². The number of allylic oxidation sites excluding steroid dienone is 3. The van der Waals surface area contributed by atoms with Crippen molar-refractivity contribution in [3.8, 4) is 0 Å². The standard InChI is InChI=1S/C31H40N4.2C2H6/c1-23-14-11-12-17-30(23)25(3)21-31(35-28(6)26(4)22-33-35)32-18-13-19-34(7)27(5)24(2)20-29-15-9-8-10-16-29;2*1-2/h8-12,14-17,21-22,24,32H,3,5,13,18-20H2,1-2,4,6-7H3;2*1-2H3/b31-21-;;. The Kier molecular flexibility index (Phi) is 15.4. The van der Waals surface area contributed by atoms with Crippen molar-refractivity contribution in [3.05, 3.63) is 114 Å². The third-order valence-electron chi connectivity index (χ3n) is 6.71. The lowest BCUT2D eigenvalue weighted by atomic mass is 9.98. The highest BCUT2D eigenvalue weighted by atomic mass is 15.3. The number of hydrogen-bond donors (Lipinski definition) is 1. The van der Waals surface area contributed by atoms with Gasteiger partial charge in [0.25, 0.3) is 0 Å². The first-order valence-electron chi connectivity index (χ1n) is 14.4. The van der Waals surface area contributed by atoms with E-state index in [1.165, 1.54) is 22.4 Å². The van der Waals surface area contributed by atoms with Gasteiger partial charge in [0.15, 0.2) is 0 Å². The predicted molar refractivity (Wildman–Crippen MR) is 173 cm³/mol. The topological polar surface area (TPSA) is 33.1 Å². The summed E-state index contributed by atoms with van der Waals surface area (Å²) in [5.41, 5.74) is 8.16. The molecule has 0 saturated heterocycles. The minimum absolute atomic E-state index is 0.401. The molecular weight excluding hydrogens is 476 g/mol. The summed E-state index contributed by atoms with van der Waals surface area (Å²) in [6.45, 7) is 27.0. The quantitative estimate of drug-likeness (QED) is 0.189. The zero-order valence-corrected chi connectivity index (χ0v) is 26.0. The minimum Gasteiger partial charge on any atom is -0.378 e. The zero-order chi connectivity index (χ0) is 29.4. The van der Waals surface area contributed by atoms with Gasteiger partial charge in [-0.1, -0.05) is 102 Å². The van der Waals surface area contributed by atoms with Gasteiger partial charge in [-0.2, -0.15) is 5.10 Å². The third-order valence-corrected chi connectivity index (χ3v) is 6.71. The monoisotopic (exact) mass is 528 g/mol. The lowest BCUT2D eigenvalue weighted by molar-refractivity contribution is 0.360. The predicted octanol–water partition coefficient (Wildman–Crippen LogP) is 8.68. The molecule has 0 fully saturated rings. The molecule has 0 aliphatic carbocycles. The van der Waals surface area contributed by atoms with Crippen LogP contribution in [0.4, 0.5) is 0 Å². The second-order valence-electron chi connectivity index (χ2n) is 9.48. The molecule has 0 radical (unpaired) electrons. The molecule has 0 bridgehead atoms. The van der Waals surface area contributed by atoms with E-state index in [0.717, 1.165) is 48.6 Å². The van der Waals surface area contributed by atoms with Gasteiger partial charge in [0.1, 0.15) is 5.82 Å². The zero-order valence-electron chi connectivity index (χ0n) is 26.0. The Morgan fingerprint density at radius 2 is 1.56 bits per heavy atom. The van der Waals surface area contributed by atoms with Crippen LogP contribution < -0.4 is 5.32 Å². The maximum absolute atomic E-state index is 4.61. The normalized spacial score (nSPS) is 11.4.